The van der Waals surface area contributed by atoms with Gasteiger partial charge in [0.05, 0.1) is 0 Å². The highest BCUT2D eigenvalue weighted by Crippen LogP contribution is 2.38. The number of rotatable bonds is 2. The summed E-state index contributed by atoms with van der Waals surface area (Å²) in [7, 11) is 0. The largest absolute Gasteiger partial charge is 0.382 e. The van der Waals surface area contributed by atoms with E-state index < -0.39 is 0 Å². The smallest absolute Gasteiger partial charge is 0.141 e. The fraction of sp³-hybridized carbons (Fsp3) is 0.571. The number of nitrogen functional groups attached to an aromatic ring is 1. The van der Waals surface area contributed by atoms with Crippen LogP contribution in [0.4, 0.5) is 5.82 Å². The SMILES string of the molecule is N=C(N)c1cccc(N2CCC3CCCCC32)n1. The van der Waals surface area contributed by atoms with Gasteiger partial charge in [-0.05, 0) is 37.3 Å². The molecule has 0 amide bonds. The minimum absolute atomic E-state index is 0.0521. The molecule has 2 unspecified atom stereocenters. The average Bonchev–Trinajstić information content (AvgIpc) is 2.82. The van der Waals surface area contributed by atoms with Gasteiger partial charge in [0.25, 0.3) is 0 Å². The molecule has 4 nitrogen and oxygen atoms in total. The van der Waals surface area contributed by atoms with E-state index in [4.69, 9.17) is 11.1 Å². The molecule has 1 aromatic heterocycles. The van der Waals surface area contributed by atoms with Crippen LogP contribution < -0.4 is 10.6 Å². The fourth-order valence-corrected chi connectivity index (χ4v) is 3.42. The lowest BCUT2D eigenvalue weighted by Crippen LogP contribution is -2.35. The Morgan fingerprint density at radius 1 is 1.28 bits per heavy atom. The summed E-state index contributed by atoms with van der Waals surface area (Å²) in [6.45, 7) is 1.10. The Kier molecular flexibility index (Phi) is 2.94. The molecule has 1 saturated heterocycles. The number of aromatic nitrogens is 1. The minimum Gasteiger partial charge on any atom is -0.382 e. The molecule has 1 aliphatic heterocycles. The molecule has 3 rings (SSSR count). The van der Waals surface area contributed by atoms with E-state index in [-0.39, 0.29) is 5.84 Å². The van der Waals surface area contributed by atoms with Crippen molar-refractivity contribution < 1.29 is 0 Å². The summed E-state index contributed by atoms with van der Waals surface area (Å²) < 4.78 is 0. The van der Waals surface area contributed by atoms with Crippen LogP contribution in [0.15, 0.2) is 18.2 Å². The summed E-state index contributed by atoms with van der Waals surface area (Å²) in [5.41, 5.74) is 6.10. The Bertz CT molecular complexity index is 457. The number of nitrogens with one attached hydrogen (secondary N) is 1. The number of hydrogen-bond donors (Lipinski definition) is 2. The molecule has 1 saturated carbocycles. The summed E-state index contributed by atoms with van der Waals surface area (Å²) in [6, 6.07) is 6.47. The van der Waals surface area contributed by atoms with Crippen LogP contribution in [0.5, 0.6) is 0 Å². The van der Waals surface area contributed by atoms with Gasteiger partial charge in [-0.25, -0.2) is 4.98 Å². The van der Waals surface area contributed by atoms with Crippen LogP contribution in [0.3, 0.4) is 0 Å². The molecule has 1 aromatic rings. The van der Waals surface area contributed by atoms with Crippen molar-refractivity contribution in [2.24, 2.45) is 11.7 Å². The van der Waals surface area contributed by atoms with Crippen molar-refractivity contribution in [2.75, 3.05) is 11.4 Å². The number of nitrogens with two attached hydrogens (primary N) is 1. The first-order chi connectivity index (χ1) is 8.75. The van der Waals surface area contributed by atoms with Crippen molar-refractivity contribution >= 4 is 11.7 Å². The van der Waals surface area contributed by atoms with Crippen LogP contribution in [0, 0.1) is 11.3 Å². The van der Waals surface area contributed by atoms with E-state index in [1.807, 2.05) is 12.1 Å². The van der Waals surface area contributed by atoms with Gasteiger partial charge in [-0.2, -0.15) is 0 Å². The molecule has 0 aromatic carbocycles. The molecule has 18 heavy (non-hydrogen) atoms. The zero-order valence-electron chi connectivity index (χ0n) is 10.6. The summed E-state index contributed by atoms with van der Waals surface area (Å²) >= 11 is 0. The van der Waals surface area contributed by atoms with Crippen LogP contribution in [0.1, 0.15) is 37.8 Å². The molecule has 96 valence electrons. The number of nitrogens with zero attached hydrogens (tertiary/aromatic N) is 2. The molecule has 3 N–H and O–H groups in total. The number of fused-ring (bicyclic) bond motifs is 1. The van der Waals surface area contributed by atoms with Crippen molar-refractivity contribution in [1.29, 1.82) is 5.41 Å². The summed E-state index contributed by atoms with van der Waals surface area (Å²) in [6.07, 6.45) is 6.67. The van der Waals surface area contributed by atoms with Gasteiger partial charge < -0.3 is 10.6 Å². The van der Waals surface area contributed by atoms with Gasteiger partial charge in [0.15, 0.2) is 0 Å². The van der Waals surface area contributed by atoms with Crippen LogP contribution in [0.25, 0.3) is 0 Å². The van der Waals surface area contributed by atoms with E-state index in [9.17, 15) is 0 Å². The zero-order chi connectivity index (χ0) is 12.5. The predicted molar refractivity (Wildman–Crippen MR) is 73.0 cm³/mol. The second-order valence-corrected chi connectivity index (χ2v) is 5.39. The first kappa shape index (κ1) is 11.5. The second-order valence-electron chi connectivity index (χ2n) is 5.39. The van der Waals surface area contributed by atoms with Crippen LogP contribution in [0.2, 0.25) is 0 Å². The molecule has 2 heterocycles. The predicted octanol–water partition coefficient (Wildman–Crippen LogP) is 2.13. The van der Waals surface area contributed by atoms with Gasteiger partial charge in [0.2, 0.25) is 0 Å². The molecular weight excluding hydrogens is 224 g/mol. The topological polar surface area (TPSA) is 66.0 Å². The highest BCUT2D eigenvalue weighted by molar-refractivity contribution is 5.93. The monoisotopic (exact) mass is 244 g/mol. The lowest BCUT2D eigenvalue weighted by molar-refractivity contribution is 0.341. The molecule has 0 spiro atoms. The highest BCUT2D eigenvalue weighted by Gasteiger charge is 2.36. The fourth-order valence-electron chi connectivity index (χ4n) is 3.42. The molecule has 2 fully saturated rings. The standard InChI is InChI=1S/C14H20N4/c15-14(16)11-5-3-7-13(17-11)18-9-8-10-4-1-2-6-12(10)18/h3,5,7,10,12H,1-2,4,6,8-9H2,(H3,15,16). The lowest BCUT2D eigenvalue weighted by atomic mass is 9.85. The van der Waals surface area contributed by atoms with E-state index >= 15 is 0 Å². The Morgan fingerprint density at radius 3 is 2.94 bits per heavy atom. The first-order valence-electron chi connectivity index (χ1n) is 6.84. The number of hydrogen-bond acceptors (Lipinski definition) is 3. The normalized spacial score (nSPS) is 27.0. The van der Waals surface area contributed by atoms with Crippen molar-refractivity contribution in [3.8, 4) is 0 Å². The third kappa shape index (κ3) is 1.96. The van der Waals surface area contributed by atoms with Gasteiger partial charge in [-0.3, -0.25) is 5.41 Å². The molecule has 2 aliphatic rings. The minimum atomic E-state index is 0.0521. The Balaban J connectivity index is 1.86. The Morgan fingerprint density at radius 2 is 2.11 bits per heavy atom. The maximum atomic E-state index is 7.48. The average molecular weight is 244 g/mol. The highest BCUT2D eigenvalue weighted by atomic mass is 15.2. The summed E-state index contributed by atoms with van der Waals surface area (Å²) in [5.74, 6) is 1.90. The number of amidine groups is 1. The molecule has 0 bridgehead atoms. The van der Waals surface area contributed by atoms with Crippen LogP contribution in [-0.2, 0) is 0 Å². The van der Waals surface area contributed by atoms with Crippen molar-refractivity contribution in [3.63, 3.8) is 0 Å². The van der Waals surface area contributed by atoms with Gasteiger partial charge in [0.1, 0.15) is 17.3 Å². The third-order valence-corrected chi connectivity index (χ3v) is 4.31. The summed E-state index contributed by atoms with van der Waals surface area (Å²) in [5, 5.41) is 7.48. The van der Waals surface area contributed by atoms with Crippen molar-refractivity contribution in [1.82, 2.24) is 4.98 Å². The number of pyridine rings is 1. The molecule has 4 heteroatoms. The summed E-state index contributed by atoms with van der Waals surface area (Å²) in [4.78, 5) is 6.95. The van der Waals surface area contributed by atoms with Crippen molar-refractivity contribution in [3.05, 3.63) is 23.9 Å². The van der Waals surface area contributed by atoms with Gasteiger partial charge in [0, 0.05) is 12.6 Å². The van der Waals surface area contributed by atoms with Gasteiger partial charge >= 0.3 is 0 Å². The van der Waals surface area contributed by atoms with E-state index in [1.165, 1.54) is 32.1 Å². The van der Waals surface area contributed by atoms with Gasteiger partial charge in [-0.1, -0.05) is 18.9 Å². The third-order valence-electron chi connectivity index (χ3n) is 4.31. The van der Waals surface area contributed by atoms with Crippen LogP contribution >= 0.6 is 0 Å². The molecular formula is C14H20N4. The van der Waals surface area contributed by atoms with Crippen molar-refractivity contribution in [2.45, 2.75) is 38.1 Å². The van der Waals surface area contributed by atoms with E-state index in [0.717, 1.165) is 18.3 Å². The number of anilines is 1. The maximum Gasteiger partial charge on any atom is 0.141 e. The Labute approximate surface area is 108 Å². The quantitative estimate of drug-likeness (QED) is 0.618. The van der Waals surface area contributed by atoms with E-state index in [2.05, 4.69) is 9.88 Å². The second kappa shape index (κ2) is 4.59. The lowest BCUT2D eigenvalue weighted by Gasteiger charge is -2.32. The zero-order valence-corrected chi connectivity index (χ0v) is 10.6. The van der Waals surface area contributed by atoms with Crippen LogP contribution in [-0.4, -0.2) is 23.4 Å². The molecule has 2 atom stereocenters. The molecule has 0 radical (unpaired) electrons. The first-order valence-corrected chi connectivity index (χ1v) is 6.84. The molecule has 1 aliphatic carbocycles. The Hall–Kier alpha value is -1.58. The van der Waals surface area contributed by atoms with E-state index in [1.54, 1.807) is 6.07 Å². The van der Waals surface area contributed by atoms with Gasteiger partial charge in [-0.15, -0.1) is 0 Å². The maximum absolute atomic E-state index is 7.48. The van der Waals surface area contributed by atoms with E-state index in [0.29, 0.717) is 11.7 Å².